The number of anilines is 1. The van der Waals surface area contributed by atoms with E-state index >= 15 is 0 Å². The minimum Gasteiger partial charge on any atom is -0.372 e. The smallest absolute Gasteiger partial charge is 0.193 e. The van der Waals surface area contributed by atoms with Gasteiger partial charge in [0, 0.05) is 64.9 Å². The van der Waals surface area contributed by atoms with E-state index in [2.05, 4.69) is 61.0 Å². The highest BCUT2D eigenvalue weighted by Gasteiger charge is 2.11. The zero-order valence-electron chi connectivity index (χ0n) is 18.7. The molecule has 6 nitrogen and oxygen atoms in total. The molecular weight excluding hydrogens is 487 g/mol. The number of benzene rings is 1. The number of aryl methyl sites for hydroxylation is 2. The van der Waals surface area contributed by atoms with Gasteiger partial charge in [-0.2, -0.15) is 0 Å². The van der Waals surface area contributed by atoms with Crippen LogP contribution in [-0.4, -0.2) is 54.1 Å². The third-order valence-corrected chi connectivity index (χ3v) is 5.68. The summed E-state index contributed by atoms with van der Waals surface area (Å²) in [6.45, 7) is 7.23. The second-order valence-electron chi connectivity index (χ2n) is 7.92. The van der Waals surface area contributed by atoms with Crippen molar-refractivity contribution in [1.82, 2.24) is 19.8 Å². The summed E-state index contributed by atoms with van der Waals surface area (Å²) in [5, 5.41) is 3.49. The summed E-state index contributed by atoms with van der Waals surface area (Å²) in [5.74, 6) is 2.03. The molecule has 1 aromatic heterocycles. The Kier molecular flexibility index (Phi) is 10.5. The lowest BCUT2D eigenvalue weighted by Crippen LogP contribution is -2.38. The zero-order chi connectivity index (χ0) is 20.5. The summed E-state index contributed by atoms with van der Waals surface area (Å²) in [4.78, 5) is 13.4. The van der Waals surface area contributed by atoms with Crippen molar-refractivity contribution in [3.63, 3.8) is 0 Å². The van der Waals surface area contributed by atoms with Gasteiger partial charge in [-0.15, -0.1) is 24.0 Å². The Balaban J connectivity index is 0.00000320. The molecule has 1 N–H and O–H groups in total. The minimum atomic E-state index is 0. The highest BCUT2D eigenvalue weighted by atomic mass is 127. The summed E-state index contributed by atoms with van der Waals surface area (Å²) in [5.41, 5.74) is 2.67. The molecule has 166 valence electrons. The molecule has 7 heteroatoms. The number of halogens is 1. The molecule has 1 aromatic carbocycles. The number of hydrogen-bond donors (Lipinski definition) is 1. The van der Waals surface area contributed by atoms with Gasteiger partial charge in [-0.05, 0) is 56.7 Å². The summed E-state index contributed by atoms with van der Waals surface area (Å²) >= 11 is 0. The van der Waals surface area contributed by atoms with Crippen LogP contribution in [0.25, 0.3) is 0 Å². The van der Waals surface area contributed by atoms with E-state index in [0.29, 0.717) is 0 Å². The Morgan fingerprint density at radius 1 is 1.13 bits per heavy atom. The van der Waals surface area contributed by atoms with Crippen molar-refractivity contribution >= 4 is 35.6 Å². The lowest BCUT2D eigenvalue weighted by atomic mass is 10.1. The van der Waals surface area contributed by atoms with Crippen LogP contribution in [0.2, 0.25) is 0 Å². The molecule has 0 atom stereocenters. The number of unbranched alkanes of at least 4 members (excludes halogenated alkanes) is 1. The molecule has 0 amide bonds. The summed E-state index contributed by atoms with van der Waals surface area (Å²) in [7, 11) is 3.95. The van der Waals surface area contributed by atoms with Gasteiger partial charge < -0.3 is 19.7 Å². The van der Waals surface area contributed by atoms with Gasteiger partial charge >= 0.3 is 0 Å². The Hall–Kier alpha value is -1.77. The first-order valence-electron chi connectivity index (χ1n) is 10.9. The first kappa shape index (κ1) is 24.5. The molecule has 1 aliphatic rings. The van der Waals surface area contributed by atoms with Crippen molar-refractivity contribution in [1.29, 1.82) is 0 Å². The predicted molar refractivity (Wildman–Crippen MR) is 137 cm³/mol. The topological polar surface area (TPSA) is 48.7 Å². The minimum absolute atomic E-state index is 0. The fourth-order valence-electron chi connectivity index (χ4n) is 3.95. The SMILES string of the molecule is CN=C(NCCCCn1ccnc1C)N(C)Cc1ccc(N2CCCCC2)cc1.I. The number of imidazole rings is 1. The summed E-state index contributed by atoms with van der Waals surface area (Å²) in [6, 6.07) is 9.04. The Bertz CT molecular complexity index is 764. The summed E-state index contributed by atoms with van der Waals surface area (Å²) < 4.78 is 2.20. The Morgan fingerprint density at radius 3 is 2.50 bits per heavy atom. The molecule has 30 heavy (non-hydrogen) atoms. The van der Waals surface area contributed by atoms with E-state index in [0.717, 1.165) is 44.3 Å². The Labute approximate surface area is 198 Å². The van der Waals surface area contributed by atoms with Crippen LogP contribution in [0.15, 0.2) is 41.7 Å². The van der Waals surface area contributed by atoms with E-state index in [1.807, 2.05) is 26.4 Å². The molecule has 1 fully saturated rings. The standard InChI is InChI=1S/C23H36N6.HI/c1-20-25-14-18-28(20)15-8-5-13-26-23(24-2)27(3)19-21-9-11-22(12-10-21)29-16-6-4-7-17-29;/h9-12,14,18H,4-8,13,15-17,19H2,1-3H3,(H,24,26);1H. The number of aliphatic imine (C=N–C) groups is 1. The lowest BCUT2D eigenvalue weighted by molar-refractivity contribution is 0.473. The fourth-order valence-corrected chi connectivity index (χ4v) is 3.95. The first-order chi connectivity index (χ1) is 14.2. The maximum Gasteiger partial charge on any atom is 0.193 e. The van der Waals surface area contributed by atoms with E-state index in [9.17, 15) is 0 Å². The highest BCUT2D eigenvalue weighted by molar-refractivity contribution is 14.0. The molecular formula is C23H37IN6. The largest absolute Gasteiger partial charge is 0.372 e. The van der Waals surface area contributed by atoms with Crippen LogP contribution in [0.1, 0.15) is 43.5 Å². The molecule has 2 heterocycles. The monoisotopic (exact) mass is 524 g/mol. The number of nitrogens with one attached hydrogen (secondary N) is 1. The third kappa shape index (κ3) is 7.18. The van der Waals surface area contributed by atoms with E-state index in [-0.39, 0.29) is 24.0 Å². The van der Waals surface area contributed by atoms with Gasteiger partial charge in [0.1, 0.15) is 5.82 Å². The predicted octanol–water partition coefficient (Wildman–Crippen LogP) is 4.29. The molecule has 1 aliphatic heterocycles. The van der Waals surface area contributed by atoms with Gasteiger partial charge in [-0.3, -0.25) is 4.99 Å². The number of rotatable bonds is 8. The maximum atomic E-state index is 4.44. The van der Waals surface area contributed by atoms with E-state index in [4.69, 9.17) is 0 Å². The molecule has 0 unspecified atom stereocenters. The van der Waals surface area contributed by atoms with Gasteiger partial charge in [0.25, 0.3) is 0 Å². The van der Waals surface area contributed by atoms with Crippen LogP contribution in [-0.2, 0) is 13.1 Å². The second-order valence-corrected chi connectivity index (χ2v) is 7.92. The van der Waals surface area contributed by atoms with Crippen molar-refractivity contribution in [2.45, 2.75) is 52.1 Å². The van der Waals surface area contributed by atoms with Crippen molar-refractivity contribution in [3.8, 4) is 0 Å². The number of piperidine rings is 1. The van der Waals surface area contributed by atoms with Crippen LogP contribution in [0.3, 0.4) is 0 Å². The van der Waals surface area contributed by atoms with Gasteiger partial charge in [0.15, 0.2) is 5.96 Å². The molecule has 0 bridgehead atoms. The third-order valence-electron chi connectivity index (χ3n) is 5.68. The van der Waals surface area contributed by atoms with Crippen LogP contribution < -0.4 is 10.2 Å². The number of nitrogens with zero attached hydrogens (tertiary/aromatic N) is 5. The highest BCUT2D eigenvalue weighted by Crippen LogP contribution is 2.20. The van der Waals surface area contributed by atoms with Crippen LogP contribution in [0.4, 0.5) is 5.69 Å². The normalized spacial score (nSPS) is 14.4. The van der Waals surface area contributed by atoms with Gasteiger partial charge in [0.05, 0.1) is 0 Å². The van der Waals surface area contributed by atoms with Gasteiger partial charge in [-0.25, -0.2) is 4.98 Å². The molecule has 1 saturated heterocycles. The number of aromatic nitrogens is 2. The second kappa shape index (κ2) is 12.8. The van der Waals surface area contributed by atoms with Crippen LogP contribution >= 0.6 is 24.0 Å². The van der Waals surface area contributed by atoms with E-state index in [1.165, 1.54) is 43.6 Å². The van der Waals surface area contributed by atoms with E-state index < -0.39 is 0 Å². The van der Waals surface area contributed by atoms with Crippen molar-refractivity contribution < 1.29 is 0 Å². The number of guanidine groups is 1. The van der Waals surface area contributed by atoms with Crippen LogP contribution in [0.5, 0.6) is 0 Å². The number of hydrogen-bond acceptors (Lipinski definition) is 3. The molecule has 0 spiro atoms. The fraction of sp³-hybridized carbons (Fsp3) is 0.565. The average Bonchev–Trinajstić information content (AvgIpc) is 3.16. The van der Waals surface area contributed by atoms with Gasteiger partial charge in [-0.1, -0.05) is 12.1 Å². The average molecular weight is 524 g/mol. The lowest BCUT2D eigenvalue weighted by Gasteiger charge is -2.29. The first-order valence-corrected chi connectivity index (χ1v) is 10.9. The quantitative estimate of drug-likeness (QED) is 0.242. The molecule has 0 saturated carbocycles. The van der Waals surface area contributed by atoms with Crippen molar-refractivity contribution in [2.24, 2.45) is 4.99 Å². The molecule has 3 rings (SSSR count). The Morgan fingerprint density at radius 2 is 1.87 bits per heavy atom. The van der Waals surface area contributed by atoms with Crippen LogP contribution in [0, 0.1) is 6.92 Å². The van der Waals surface area contributed by atoms with Crippen molar-refractivity contribution in [3.05, 3.63) is 48.0 Å². The zero-order valence-corrected chi connectivity index (χ0v) is 21.0. The van der Waals surface area contributed by atoms with Gasteiger partial charge in [0.2, 0.25) is 0 Å². The molecule has 0 aliphatic carbocycles. The van der Waals surface area contributed by atoms with Crippen molar-refractivity contribution in [2.75, 3.05) is 38.6 Å². The molecule has 2 aromatic rings. The van der Waals surface area contributed by atoms with E-state index in [1.54, 1.807) is 0 Å². The molecule has 0 radical (unpaired) electrons. The summed E-state index contributed by atoms with van der Waals surface area (Å²) in [6.07, 6.45) is 10.1. The maximum absolute atomic E-state index is 4.44.